The van der Waals surface area contributed by atoms with E-state index in [1.807, 2.05) is 69.0 Å². The third-order valence-corrected chi connectivity index (χ3v) is 8.21. The van der Waals surface area contributed by atoms with Crippen molar-refractivity contribution < 1.29 is 14.4 Å². The molecule has 3 aliphatic heterocycles. The molecule has 1 unspecified atom stereocenters. The van der Waals surface area contributed by atoms with Gasteiger partial charge in [-0.2, -0.15) is 0 Å². The maximum absolute atomic E-state index is 14.1. The van der Waals surface area contributed by atoms with Gasteiger partial charge in [-0.25, -0.2) is 4.79 Å². The number of fused-ring (bicyclic) bond motifs is 5. The van der Waals surface area contributed by atoms with Gasteiger partial charge >= 0.3 is 6.03 Å². The van der Waals surface area contributed by atoms with Crippen molar-refractivity contribution in [2.24, 2.45) is 22.7 Å². The Balaban J connectivity index is 1.45. The van der Waals surface area contributed by atoms with Crippen molar-refractivity contribution in [2.45, 2.75) is 59.5 Å². The molecule has 3 heterocycles. The fourth-order valence-corrected chi connectivity index (χ4v) is 6.20. The summed E-state index contributed by atoms with van der Waals surface area (Å²) in [5.41, 5.74) is 4.78. The van der Waals surface area contributed by atoms with Crippen LogP contribution in [0, 0.1) is 31.6 Å². The van der Waals surface area contributed by atoms with Crippen molar-refractivity contribution >= 4 is 34.9 Å². The second kappa shape index (κ2) is 11.2. The van der Waals surface area contributed by atoms with Gasteiger partial charge in [-0.3, -0.25) is 19.5 Å². The first-order valence-corrected chi connectivity index (χ1v) is 14.1. The predicted molar refractivity (Wildman–Crippen MR) is 154 cm³/mol. The van der Waals surface area contributed by atoms with Crippen LogP contribution in [0.4, 0.5) is 16.2 Å². The number of benzene rings is 2. The number of carbonyl (C=O) groups is 3. The summed E-state index contributed by atoms with van der Waals surface area (Å²) in [6.07, 6.45) is 3.53. The number of anilines is 2. The first-order chi connectivity index (χ1) is 18.7. The van der Waals surface area contributed by atoms with Crippen LogP contribution in [-0.2, 0) is 9.59 Å². The van der Waals surface area contributed by atoms with Crippen LogP contribution in [0.15, 0.2) is 47.5 Å². The SMILES string of the molecule is Cc1cccc(NC(=O)NC2N=C(C(C)C)c3cccc(C)c3N(CC(=O)N3CC4CCC(CC4)C3)C2=O)c1. The molecule has 2 aromatic rings. The molecule has 206 valence electrons. The first kappa shape index (κ1) is 26.9. The number of nitrogens with one attached hydrogen (secondary N) is 2. The Hall–Kier alpha value is -3.68. The van der Waals surface area contributed by atoms with Crippen LogP contribution >= 0.6 is 0 Å². The second-order valence-corrected chi connectivity index (χ2v) is 11.6. The van der Waals surface area contributed by atoms with Crippen LogP contribution in [-0.4, -0.2) is 54.3 Å². The minimum Gasteiger partial charge on any atom is -0.341 e. The van der Waals surface area contributed by atoms with Crippen LogP contribution < -0.4 is 15.5 Å². The number of nitrogens with zero attached hydrogens (tertiary/aromatic N) is 3. The number of carbonyl (C=O) groups excluding carboxylic acids is 3. The Labute approximate surface area is 230 Å². The predicted octanol–water partition coefficient (Wildman–Crippen LogP) is 4.89. The largest absolute Gasteiger partial charge is 0.341 e. The third kappa shape index (κ3) is 5.84. The Morgan fingerprint density at radius 1 is 1.00 bits per heavy atom. The molecule has 8 heteroatoms. The van der Waals surface area contributed by atoms with Crippen molar-refractivity contribution in [1.29, 1.82) is 0 Å². The summed E-state index contributed by atoms with van der Waals surface area (Å²) in [6, 6.07) is 12.8. The van der Waals surface area contributed by atoms with Crippen LogP contribution in [0.25, 0.3) is 0 Å². The molecule has 39 heavy (non-hydrogen) atoms. The Kier molecular flexibility index (Phi) is 7.73. The number of benzodiazepines with no additional fused rings is 1. The van der Waals surface area contributed by atoms with Crippen LogP contribution in [0.1, 0.15) is 56.2 Å². The summed E-state index contributed by atoms with van der Waals surface area (Å²) < 4.78 is 0. The zero-order valence-electron chi connectivity index (χ0n) is 23.4. The molecule has 0 radical (unpaired) electrons. The van der Waals surface area contributed by atoms with Gasteiger partial charge in [-0.15, -0.1) is 0 Å². The minimum atomic E-state index is -1.16. The van der Waals surface area contributed by atoms with Gasteiger partial charge in [-0.05, 0) is 80.5 Å². The number of aryl methyl sites for hydroxylation is 2. The molecule has 4 aliphatic rings. The van der Waals surface area contributed by atoms with E-state index in [2.05, 4.69) is 10.6 Å². The quantitative estimate of drug-likeness (QED) is 0.577. The van der Waals surface area contributed by atoms with Crippen molar-refractivity contribution in [1.82, 2.24) is 10.2 Å². The smallest absolute Gasteiger partial charge is 0.321 e. The van der Waals surface area contributed by atoms with Gasteiger partial charge in [0, 0.05) is 30.1 Å². The lowest BCUT2D eigenvalue weighted by Crippen LogP contribution is -2.52. The fraction of sp³-hybridized carbons (Fsp3) is 0.484. The van der Waals surface area contributed by atoms with Crippen molar-refractivity contribution in [3.8, 4) is 0 Å². The molecular formula is C31H39N5O3. The molecule has 8 nitrogen and oxygen atoms in total. The molecule has 0 aromatic heterocycles. The number of amides is 4. The van der Waals surface area contributed by atoms with Gasteiger partial charge in [0.1, 0.15) is 6.54 Å². The molecule has 2 bridgehead atoms. The van der Waals surface area contributed by atoms with Gasteiger partial charge in [0.2, 0.25) is 12.1 Å². The summed E-state index contributed by atoms with van der Waals surface area (Å²) in [7, 11) is 0. The molecule has 1 aliphatic carbocycles. The van der Waals surface area contributed by atoms with Crippen LogP contribution in [0.3, 0.4) is 0 Å². The topological polar surface area (TPSA) is 94.1 Å². The van der Waals surface area contributed by atoms with Crippen LogP contribution in [0.5, 0.6) is 0 Å². The molecule has 3 fully saturated rings. The van der Waals surface area contributed by atoms with E-state index in [9.17, 15) is 14.4 Å². The maximum atomic E-state index is 14.1. The molecule has 4 amide bonds. The summed E-state index contributed by atoms with van der Waals surface area (Å²) >= 11 is 0. The van der Waals surface area contributed by atoms with Gasteiger partial charge in [0.15, 0.2) is 0 Å². The van der Waals surface area contributed by atoms with E-state index in [-0.39, 0.29) is 18.4 Å². The van der Waals surface area contributed by atoms with E-state index in [0.717, 1.165) is 35.5 Å². The normalized spacial score (nSPS) is 22.6. The summed E-state index contributed by atoms with van der Waals surface area (Å²) in [5, 5.41) is 5.59. The molecule has 0 spiro atoms. The number of hydrogen-bond acceptors (Lipinski definition) is 4. The van der Waals surface area contributed by atoms with E-state index in [1.165, 1.54) is 25.7 Å². The van der Waals surface area contributed by atoms with Crippen molar-refractivity contribution in [2.75, 3.05) is 29.9 Å². The average Bonchev–Trinajstić information content (AvgIpc) is 3.28. The summed E-state index contributed by atoms with van der Waals surface area (Å²) in [5.74, 6) is 0.618. The third-order valence-electron chi connectivity index (χ3n) is 8.21. The van der Waals surface area contributed by atoms with Crippen molar-refractivity contribution in [3.05, 3.63) is 59.2 Å². The minimum absolute atomic E-state index is 0.000586. The highest BCUT2D eigenvalue weighted by molar-refractivity contribution is 6.15. The lowest BCUT2D eigenvalue weighted by Gasteiger charge is -2.30. The Morgan fingerprint density at radius 3 is 2.31 bits per heavy atom. The van der Waals surface area contributed by atoms with E-state index in [0.29, 0.717) is 23.2 Å². The highest BCUT2D eigenvalue weighted by Crippen LogP contribution is 2.35. The molecular weight excluding hydrogens is 490 g/mol. The highest BCUT2D eigenvalue weighted by atomic mass is 16.2. The summed E-state index contributed by atoms with van der Waals surface area (Å²) in [6.45, 7) is 9.38. The molecule has 2 aromatic carbocycles. The van der Waals surface area contributed by atoms with Gasteiger partial charge in [-0.1, -0.05) is 44.2 Å². The van der Waals surface area contributed by atoms with E-state index < -0.39 is 18.1 Å². The summed E-state index contributed by atoms with van der Waals surface area (Å²) in [4.78, 5) is 49.2. The number of aliphatic imine (C=N–C) groups is 1. The highest BCUT2D eigenvalue weighted by Gasteiger charge is 2.38. The number of rotatable bonds is 5. The van der Waals surface area contributed by atoms with Gasteiger partial charge < -0.3 is 15.5 Å². The van der Waals surface area contributed by atoms with E-state index in [1.54, 1.807) is 11.0 Å². The maximum Gasteiger partial charge on any atom is 0.321 e. The first-order valence-electron chi connectivity index (χ1n) is 14.1. The number of urea groups is 1. The lowest BCUT2D eigenvalue weighted by molar-refractivity contribution is -0.132. The molecule has 2 saturated heterocycles. The van der Waals surface area contributed by atoms with Gasteiger partial charge in [0.25, 0.3) is 5.91 Å². The molecule has 2 N–H and O–H groups in total. The molecule has 1 saturated carbocycles. The fourth-order valence-electron chi connectivity index (χ4n) is 6.20. The zero-order valence-corrected chi connectivity index (χ0v) is 23.4. The molecule has 1 atom stereocenters. The van der Waals surface area contributed by atoms with Crippen molar-refractivity contribution in [3.63, 3.8) is 0 Å². The number of hydrogen-bond donors (Lipinski definition) is 2. The van der Waals surface area contributed by atoms with Crippen LogP contribution in [0.2, 0.25) is 0 Å². The monoisotopic (exact) mass is 529 g/mol. The van der Waals surface area contributed by atoms with Gasteiger partial charge in [0.05, 0.1) is 5.69 Å². The van der Waals surface area contributed by atoms with E-state index in [4.69, 9.17) is 4.99 Å². The average molecular weight is 530 g/mol. The van der Waals surface area contributed by atoms with E-state index >= 15 is 0 Å². The standard InChI is InChI=1S/C31H39N5O3/c1-19(2)27-25-10-6-8-21(4)28(25)36(18-26(37)35-16-22-11-12-23(17-35)14-13-22)30(38)29(33-27)34-31(39)32-24-9-5-7-20(3)15-24/h5-10,15,19,22-23,29H,11-14,16-18H2,1-4H3,(H2,32,34,39). The second-order valence-electron chi connectivity index (χ2n) is 11.6. The Bertz CT molecular complexity index is 1280. The molecule has 6 rings (SSSR count). The number of para-hydroxylation sites is 1. The lowest BCUT2D eigenvalue weighted by atomic mass is 9.84. The Morgan fingerprint density at radius 2 is 1.67 bits per heavy atom. The zero-order chi connectivity index (χ0) is 27.7.